The van der Waals surface area contributed by atoms with Crippen LogP contribution in [0.25, 0.3) is 11.0 Å². The first-order valence-electron chi connectivity index (χ1n) is 7.38. The number of methoxy groups -OCH3 is 1. The molecule has 114 valence electrons. The largest absolute Gasteiger partial charge is 0.385 e. The topological polar surface area (TPSA) is 70.1 Å². The average molecular weight is 289 g/mol. The van der Waals surface area contributed by atoms with Crippen LogP contribution in [0, 0.1) is 0 Å². The number of benzene rings is 1. The van der Waals surface area contributed by atoms with E-state index in [9.17, 15) is 4.79 Å². The number of nitrogens with zero attached hydrogens (tertiary/aromatic N) is 2. The number of hydrogen-bond acceptors (Lipinski definition) is 4. The van der Waals surface area contributed by atoms with Crippen molar-refractivity contribution in [3.63, 3.8) is 0 Å². The minimum atomic E-state index is -0.486. The van der Waals surface area contributed by atoms with Crippen LogP contribution in [0.3, 0.4) is 0 Å². The second kappa shape index (κ2) is 7.33. The van der Waals surface area contributed by atoms with E-state index < -0.39 is 6.04 Å². The number of nitrogens with two attached hydrogens (primary N) is 1. The third-order valence-electron chi connectivity index (χ3n) is 3.56. The summed E-state index contributed by atoms with van der Waals surface area (Å²) in [6.45, 7) is 3.47. The normalized spacial score (nSPS) is 12.7. The van der Waals surface area contributed by atoms with E-state index in [-0.39, 0.29) is 12.2 Å². The highest BCUT2D eigenvalue weighted by Gasteiger charge is 2.18. The van der Waals surface area contributed by atoms with Crippen molar-refractivity contribution in [2.75, 3.05) is 13.7 Å². The summed E-state index contributed by atoms with van der Waals surface area (Å²) in [5.41, 5.74) is 7.91. The van der Waals surface area contributed by atoms with Gasteiger partial charge in [0, 0.05) is 20.3 Å². The van der Waals surface area contributed by atoms with Crippen LogP contribution < -0.4 is 5.73 Å². The molecule has 1 unspecified atom stereocenters. The van der Waals surface area contributed by atoms with Crippen LogP contribution in [0.15, 0.2) is 24.3 Å². The third kappa shape index (κ3) is 3.68. The van der Waals surface area contributed by atoms with Gasteiger partial charge in [0.1, 0.15) is 5.82 Å². The van der Waals surface area contributed by atoms with E-state index in [4.69, 9.17) is 10.5 Å². The summed E-state index contributed by atoms with van der Waals surface area (Å²) in [6, 6.07) is 7.48. The highest BCUT2D eigenvalue weighted by Crippen LogP contribution is 2.17. The Morgan fingerprint density at radius 3 is 2.90 bits per heavy atom. The fourth-order valence-electron chi connectivity index (χ4n) is 2.43. The molecule has 0 fully saturated rings. The van der Waals surface area contributed by atoms with Crippen molar-refractivity contribution in [1.82, 2.24) is 9.55 Å². The van der Waals surface area contributed by atoms with Crippen LogP contribution in [0.4, 0.5) is 0 Å². The van der Waals surface area contributed by atoms with Crippen molar-refractivity contribution in [2.24, 2.45) is 5.73 Å². The molecule has 5 heteroatoms. The van der Waals surface area contributed by atoms with Gasteiger partial charge in [0.05, 0.1) is 23.5 Å². The highest BCUT2D eigenvalue weighted by atomic mass is 16.5. The molecule has 1 atom stereocenters. The standard InChI is InChI=1S/C16H23N3O2/c1-3-9-19-14-7-5-4-6-13(14)18-16(19)11-15(20)12(17)8-10-21-2/h4-7,12H,3,8-11,17H2,1-2H3. The van der Waals surface area contributed by atoms with Crippen molar-refractivity contribution < 1.29 is 9.53 Å². The average Bonchev–Trinajstić information content (AvgIpc) is 2.83. The Morgan fingerprint density at radius 2 is 2.19 bits per heavy atom. The molecule has 0 amide bonds. The third-order valence-corrected chi connectivity index (χ3v) is 3.56. The first-order valence-corrected chi connectivity index (χ1v) is 7.38. The Hall–Kier alpha value is -1.72. The maximum Gasteiger partial charge on any atom is 0.157 e. The van der Waals surface area contributed by atoms with Crippen molar-refractivity contribution in [3.05, 3.63) is 30.1 Å². The molecule has 5 nitrogen and oxygen atoms in total. The van der Waals surface area contributed by atoms with E-state index in [0.29, 0.717) is 13.0 Å². The molecule has 0 saturated carbocycles. The fourth-order valence-corrected chi connectivity index (χ4v) is 2.43. The molecule has 0 radical (unpaired) electrons. The Balaban J connectivity index is 2.21. The second-order valence-corrected chi connectivity index (χ2v) is 5.20. The van der Waals surface area contributed by atoms with E-state index in [1.54, 1.807) is 7.11 Å². The Bertz CT molecular complexity index is 607. The van der Waals surface area contributed by atoms with Gasteiger partial charge in [0.25, 0.3) is 0 Å². The number of carbonyl (C=O) groups excluding carboxylic acids is 1. The van der Waals surface area contributed by atoms with Crippen LogP contribution in [-0.2, 0) is 22.5 Å². The molecular formula is C16H23N3O2. The van der Waals surface area contributed by atoms with Crippen molar-refractivity contribution in [3.8, 4) is 0 Å². The molecule has 0 spiro atoms. The van der Waals surface area contributed by atoms with Gasteiger partial charge in [0.2, 0.25) is 0 Å². The number of ketones is 1. The highest BCUT2D eigenvalue weighted by molar-refractivity contribution is 5.86. The molecule has 1 aromatic heterocycles. The second-order valence-electron chi connectivity index (χ2n) is 5.20. The van der Waals surface area contributed by atoms with Gasteiger partial charge in [-0.25, -0.2) is 4.98 Å². The summed E-state index contributed by atoms with van der Waals surface area (Å²) < 4.78 is 7.09. The number of aromatic nitrogens is 2. The van der Waals surface area contributed by atoms with E-state index in [1.165, 1.54) is 0 Å². The van der Waals surface area contributed by atoms with Gasteiger partial charge in [0.15, 0.2) is 5.78 Å². The molecule has 2 N–H and O–H groups in total. The number of aryl methyl sites for hydroxylation is 1. The van der Waals surface area contributed by atoms with Gasteiger partial charge in [-0.2, -0.15) is 0 Å². The minimum Gasteiger partial charge on any atom is -0.385 e. The minimum absolute atomic E-state index is 0.0136. The molecule has 0 aliphatic rings. The number of rotatable bonds is 8. The lowest BCUT2D eigenvalue weighted by Crippen LogP contribution is -2.33. The maximum atomic E-state index is 12.2. The summed E-state index contributed by atoms with van der Waals surface area (Å²) in [4.78, 5) is 16.8. The lowest BCUT2D eigenvalue weighted by molar-refractivity contribution is -0.120. The summed E-state index contributed by atoms with van der Waals surface area (Å²) in [5.74, 6) is 0.815. The number of para-hydroxylation sites is 2. The fraction of sp³-hybridized carbons (Fsp3) is 0.500. The maximum absolute atomic E-state index is 12.2. The number of Topliss-reactive ketones (excluding diaryl/α,β-unsaturated/α-hetero) is 1. The zero-order valence-corrected chi connectivity index (χ0v) is 12.7. The summed E-state index contributed by atoms with van der Waals surface area (Å²) in [7, 11) is 1.61. The Morgan fingerprint density at radius 1 is 1.43 bits per heavy atom. The van der Waals surface area contributed by atoms with Gasteiger partial charge < -0.3 is 15.0 Å². The van der Waals surface area contributed by atoms with Crippen LogP contribution in [-0.4, -0.2) is 35.1 Å². The summed E-state index contributed by atoms with van der Waals surface area (Å²) >= 11 is 0. The molecule has 1 heterocycles. The van der Waals surface area contributed by atoms with E-state index >= 15 is 0 Å². The summed E-state index contributed by atoms with van der Waals surface area (Å²) in [5, 5.41) is 0. The molecule has 0 aliphatic heterocycles. The van der Waals surface area contributed by atoms with Gasteiger partial charge in [-0.05, 0) is 25.0 Å². The number of hydrogen-bond donors (Lipinski definition) is 1. The van der Waals surface area contributed by atoms with Crippen molar-refractivity contribution in [1.29, 1.82) is 0 Å². The molecule has 2 rings (SSSR count). The first-order chi connectivity index (χ1) is 10.2. The van der Waals surface area contributed by atoms with Crippen molar-refractivity contribution >= 4 is 16.8 Å². The lowest BCUT2D eigenvalue weighted by Gasteiger charge is -2.11. The van der Waals surface area contributed by atoms with Crippen LogP contribution in [0.5, 0.6) is 0 Å². The molecule has 0 saturated heterocycles. The molecular weight excluding hydrogens is 266 g/mol. The zero-order chi connectivity index (χ0) is 15.2. The zero-order valence-electron chi connectivity index (χ0n) is 12.7. The Kier molecular flexibility index (Phi) is 5.47. The first kappa shape index (κ1) is 15.7. The van der Waals surface area contributed by atoms with Crippen molar-refractivity contribution in [2.45, 2.75) is 38.8 Å². The molecule has 21 heavy (non-hydrogen) atoms. The molecule has 2 aromatic rings. The monoisotopic (exact) mass is 289 g/mol. The van der Waals surface area contributed by atoms with E-state index in [0.717, 1.165) is 29.8 Å². The lowest BCUT2D eigenvalue weighted by atomic mass is 10.1. The van der Waals surface area contributed by atoms with Crippen LogP contribution in [0.2, 0.25) is 0 Å². The number of fused-ring (bicyclic) bond motifs is 1. The predicted molar refractivity (Wildman–Crippen MR) is 83.2 cm³/mol. The van der Waals surface area contributed by atoms with Gasteiger partial charge in [-0.3, -0.25) is 4.79 Å². The summed E-state index contributed by atoms with van der Waals surface area (Å²) in [6.07, 6.45) is 1.82. The van der Waals surface area contributed by atoms with Crippen LogP contribution in [0.1, 0.15) is 25.6 Å². The van der Waals surface area contributed by atoms with Gasteiger partial charge in [-0.1, -0.05) is 19.1 Å². The van der Waals surface area contributed by atoms with E-state index in [1.807, 2.05) is 24.3 Å². The molecule has 0 aliphatic carbocycles. The van der Waals surface area contributed by atoms with Gasteiger partial charge >= 0.3 is 0 Å². The molecule has 1 aromatic carbocycles. The number of carbonyl (C=O) groups is 1. The van der Waals surface area contributed by atoms with E-state index in [2.05, 4.69) is 16.5 Å². The molecule has 0 bridgehead atoms. The number of imidazole rings is 1. The smallest absolute Gasteiger partial charge is 0.157 e. The number of ether oxygens (including phenoxy) is 1. The van der Waals surface area contributed by atoms with Gasteiger partial charge in [-0.15, -0.1) is 0 Å². The quantitative estimate of drug-likeness (QED) is 0.806. The SMILES string of the molecule is CCCn1c(CC(=O)C(N)CCOC)nc2ccccc21. The predicted octanol–water partition coefficient (Wildman–Crippen LogP) is 1.92. The Labute approximate surface area is 125 Å². The van der Waals surface area contributed by atoms with Crippen LogP contribution >= 0.6 is 0 Å².